The Balaban J connectivity index is 1.39. The molecule has 3 N–H and O–H groups in total. The van der Waals surface area contributed by atoms with Gasteiger partial charge in [0, 0.05) is 37.8 Å². The summed E-state index contributed by atoms with van der Waals surface area (Å²) >= 11 is 5.81. The van der Waals surface area contributed by atoms with Crippen molar-refractivity contribution in [3.05, 3.63) is 29.0 Å². The molecule has 1 aromatic rings. The number of nitrogens with one attached hydrogen (secondary N) is 3. The summed E-state index contributed by atoms with van der Waals surface area (Å²) in [5.74, 6) is -0.572. The number of carbonyl (C=O) groups is 2. The van der Waals surface area contributed by atoms with Gasteiger partial charge in [-0.05, 0) is 51.3 Å². The fourth-order valence-electron chi connectivity index (χ4n) is 4.49. The minimum Gasteiger partial charge on any atom is -0.376 e. The van der Waals surface area contributed by atoms with Gasteiger partial charge in [0.25, 0.3) is 0 Å². The van der Waals surface area contributed by atoms with Crippen LogP contribution in [0.2, 0.25) is 5.02 Å². The van der Waals surface area contributed by atoms with Crippen LogP contribution in [0.1, 0.15) is 33.1 Å². The van der Waals surface area contributed by atoms with E-state index in [4.69, 9.17) is 16.3 Å². The number of anilines is 1. The summed E-state index contributed by atoms with van der Waals surface area (Å²) in [5.41, 5.74) is 6.61. The first-order valence-electron chi connectivity index (χ1n) is 11.1. The third-order valence-electron chi connectivity index (χ3n) is 6.79. The van der Waals surface area contributed by atoms with E-state index in [1.807, 2.05) is 25.8 Å². The lowest BCUT2D eigenvalue weighted by Gasteiger charge is -2.37. The molecule has 3 fully saturated rings. The molecule has 10 heteroatoms. The number of benzene rings is 1. The number of hydrogen-bond donors (Lipinski definition) is 3. The SMILES string of the molecule is CC(C)OCC1(N(C)C(=O)C2NNC3CCN(C(=O)Nc4ccc(F)c(Cl)c4)CC32)CC1. The van der Waals surface area contributed by atoms with Gasteiger partial charge in [-0.25, -0.2) is 14.6 Å². The molecule has 2 heterocycles. The third-order valence-corrected chi connectivity index (χ3v) is 7.08. The molecule has 1 aliphatic carbocycles. The average Bonchev–Trinajstić information content (AvgIpc) is 3.45. The van der Waals surface area contributed by atoms with Crippen LogP contribution in [0.3, 0.4) is 0 Å². The van der Waals surface area contributed by atoms with Crippen molar-refractivity contribution in [3.63, 3.8) is 0 Å². The topological polar surface area (TPSA) is 85.9 Å². The van der Waals surface area contributed by atoms with Gasteiger partial charge in [-0.1, -0.05) is 11.6 Å². The van der Waals surface area contributed by atoms with Crippen molar-refractivity contribution in [2.75, 3.05) is 32.1 Å². The molecular weight excluding hydrogens is 437 g/mol. The second-order valence-electron chi connectivity index (χ2n) is 9.31. The molecule has 8 nitrogen and oxygen atoms in total. The lowest BCUT2D eigenvalue weighted by atomic mass is 9.87. The van der Waals surface area contributed by atoms with Gasteiger partial charge in [0.05, 0.1) is 23.3 Å². The number of hydrazine groups is 1. The maximum Gasteiger partial charge on any atom is 0.321 e. The molecule has 1 aromatic carbocycles. The number of likely N-dealkylation sites (tertiary alicyclic amines) is 1. The van der Waals surface area contributed by atoms with E-state index in [1.165, 1.54) is 18.2 Å². The van der Waals surface area contributed by atoms with Gasteiger partial charge in [-0.3, -0.25) is 10.2 Å². The van der Waals surface area contributed by atoms with Gasteiger partial charge < -0.3 is 19.9 Å². The van der Waals surface area contributed by atoms with Gasteiger partial charge in [0.1, 0.15) is 11.9 Å². The number of piperidine rings is 1. The van der Waals surface area contributed by atoms with Crippen LogP contribution in [0.15, 0.2) is 18.2 Å². The molecule has 3 atom stereocenters. The number of ether oxygens (including phenoxy) is 1. The monoisotopic (exact) mass is 467 g/mol. The molecule has 0 aromatic heterocycles. The Kier molecular flexibility index (Phi) is 6.63. The van der Waals surface area contributed by atoms with Gasteiger partial charge in [0.2, 0.25) is 5.91 Å². The maximum atomic E-state index is 13.4. The first-order valence-corrected chi connectivity index (χ1v) is 11.5. The van der Waals surface area contributed by atoms with E-state index in [9.17, 15) is 14.0 Å². The number of nitrogens with zero attached hydrogens (tertiary/aromatic N) is 2. The fraction of sp³-hybridized carbons (Fsp3) is 0.636. The molecule has 4 rings (SSSR count). The number of halogens is 2. The van der Waals surface area contributed by atoms with Gasteiger partial charge >= 0.3 is 6.03 Å². The van der Waals surface area contributed by atoms with Gasteiger partial charge in [-0.2, -0.15) is 0 Å². The second kappa shape index (κ2) is 9.13. The highest BCUT2D eigenvalue weighted by atomic mass is 35.5. The summed E-state index contributed by atoms with van der Waals surface area (Å²) in [6.45, 7) is 5.51. The van der Waals surface area contributed by atoms with Crippen LogP contribution < -0.4 is 16.2 Å². The lowest BCUT2D eigenvalue weighted by molar-refractivity contribution is -0.138. The Morgan fingerprint density at radius 3 is 2.78 bits per heavy atom. The summed E-state index contributed by atoms with van der Waals surface area (Å²) < 4.78 is 19.2. The number of carbonyl (C=O) groups excluding carboxylic acids is 2. The van der Waals surface area contributed by atoms with Crippen LogP contribution >= 0.6 is 11.6 Å². The molecule has 3 unspecified atom stereocenters. The number of amides is 3. The van der Waals surface area contributed by atoms with Crippen molar-refractivity contribution in [2.45, 2.75) is 56.8 Å². The molecule has 32 heavy (non-hydrogen) atoms. The summed E-state index contributed by atoms with van der Waals surface area (Å²) in [5, 5.41) is 2.72. The number of urea groups is 1. The van der Waals surface area contributed by atoms with Crippen molar-refractivity contribution < 1.29 is 18.7 Å². The van der Waals surface area contributed by atoms with Gasteiger partial charge in [-0.15, -0.1) is 0 Å². The standard InChI is InChI=1S/C22H31ClFN5O3/c1-13(2)32-12-22(7-8-22)28(3)20(30)19-15-11-29(9-6-18(15)26-27-19)21(31)25-14-4-5-17(24)16(23)10-14/h4-5,10,13,15,18-19,26-27H,6-9,11-12H2,1-3H3,(H,25,31). The minimum absolute atomic E-state index is 0.0161. The molecule has 3 amide bonds. The highest BCUT2D eigenvalue weighted by Crippen LogP contribution is 2.42. The summed E-state index contributed by atoms with van der Waals surface area (Å²) in [6, 6.07) is 3.48. The van der Waals surface area contributed by atoms with Crippen LogP contribution in [0, 0.1) is 11.7 Å². The molecule has 0 bridgehead atoms. The molecule has 2 aliphatic heterocycles. The van der Waals surface area contributed by atoms with E-state index in [0.29, 0.717) is 25.4 Å². The molecule has 3 aliphatic rings. The van der Waals surface area contributed by atoms with Crippen LogP contribution in [0.25, 0.3) is 0 Å². The Labute approximate surface area is 192 Å². The van der Waals surface area contributed by atoms with Crippen molar-refractivity contribution >= 4 is 29.2 Å². The van der Waals surface area contributed by atoms with Crippen molar-refractivity contribution in [1.82, 2.24) is 20.7 Å². The molecular formula is C22H31ClFN5O3. The fourth-order valence-corrected chi connectivity index (χ4v) is 4.67. The third kappa shape index (κ3) is 4.71. The second-order valence-corrected chi connectivity index (χ2v) is 9.72. The van der Waals surface area contributed by atoms with Crippen molar-refractivity contribution in [1.29, 1.82) is 0 Å². The van der Waals surface area contributed by atoms with E-state index in [1.54, 1.807) is 4.90 Å². The Morgan fingerprint density at radius 2 is 2.12 bits per heavy atom. The maximum absolute atomic E-state index is 13.4. The summed E-state index contributed by atoms with van der Waals surface area (Å²) in [6.07, 6.45) is 2.72. The predicted octanol–water partition coefficient (Wildman–Crippen LogP) is 2.59. The molecule has 176 valence electrons. The first kappa shape index (κ1) is 23.2. The number of rotatable bonds is 6. The van der Waals surface area contributed by atoms with E-state index in [-0.39, 0.29) is 40.6 Å². The van der Waals surface area contributed by atoms with Crippen LogP contribution in [-0.4, -0.2) is 72.2 Å². The predicted molar refractivity (Wildman–Crippen MR) is 120 cm³/mol. The highest BCUT2D eigenvalue weighted by molar-refractivity contribution is 6.31. The smallest absolute Gasteiger partial charge is 0.321 e. The zero-order chi connectivity index (χ0) is 23.0. The minimum atomic E-state index is -0.536. The van der Waals surface area contributed by atoms with Gasteiger partial charge in [0.15, 0.2) is 0 Å². The van der Waals surface area contributed by atoms with Crippen molar-refractivity contribution in [3.8, 4) is 0 Å². The van der Waals surface area contributed by atoms with E-state index >= 15 is 0 Å². The number of likely N-dealkylation sites (N-methyl/N-ethyl adjacent to an activating group) is 1. The summed E-state index contributed by atoms with van der Waals surface area (Å²) in [7, 11) is 1.85. The normalized spacial score (nSPS) is 26.1. The average molecular weight is 468 g/mol. The number of fused-ring (bicyclic) bond motifs is 1. The lowest BCUT2D eigenvalue weighted by Crippen LogP contribution is -2.55. The highest BCUT2D eigenvalue weighted by Gasteiger charge is 2.53. The van der Waals surface area contributed by atoms with Crippen LogP contribution in [-0.2, 0) is 9.53 Å². The van der Waals surface area contributed by atoms with E-state index in [0.717, 1.165) is 19.3 Å². The molecule has 2 saturated heterocycles. The van der Waals surface area contributed by atoms with E-state index in [2.05, 4.69) is 16.2 Å². The molecule has 0 radical (unpaired) electrons. The Hall–Kier alpha value is -1.94. The van der Waals surface area contributed by atoms with Crippen LogP contribution in [0.5, 0.6) is 0 Å². The quantitative estimate of drug-likeness (QED) is 0.598. The molecule has 0 spiro atoms. The summed E-state index contributed by atoms with van der Waals surface area (Å²) in [4.78, 5) is 29.7. The van der Waals surface area contributed by atoms with Crippen LogP contribution in [0.4, 0.5) is 14.9 Å². The first-order chi connectivity index (χ1) is 15.2. The zero-order valence-corrected chi connectivity index (χ0v) is 19.4. The largest absolute Gasteiger partial charge is 0.376 e. The van der Waals surface area contributed by atoms with Crippen molar-refractivity contribution in [2.24, 2.45) is 5.92 Å². The van der Waals surface area contributed by atoms with E-state index < -0.39 is 11.9 Å². The number of hydrogen-bond acceptors (Lipinski definition) is 5. The molecule has 1 saturated carbocycles. The Morgan fingerprint density at radius 1 is 1.38 bits per heavy atom. The zero-order valence-electron chi connectivity index (χ0n) is 18.7. The Bertz CT molecular complexity index is 881.